The monoisotopic (exact) mass is 308 g/mol. The molecule has 1 aliphatic rings. The van der Waals surface area contributed by atoms with E-state index in [4.69, 9.17) is 4.52 Å². The molecule has 1 aromatic carbocycles. The van der Waals surface area contributed by atoms with Gasteiger partial charge in [0.05, 0.1) is 11.7 Å². The first-order valence-electron chi connectivity index (χ1n) is 7.03. The second kappa shape index (κ2) is 6.60. The Kier molecular flexibility index (Phi) is 5.04. The van der Waals surface area contributed by atoms with Crippen LogP contribution in [0.15, 0.2) is 34.9 Å². The van der Waals surface area contributed by atoms with Gasteiger partial charge in [-0.05, 0) is 20.5 Å². The topological polar surface area (TPSA) is 49.5 Å². The van der Waals surface area contributed by atoms with Gasteiger partial charge in [0.2, 0.25) is 0 Å². The molecule has 2 aromatic rings. The zero-order chi connectivity index (χ0) is 14.1. The Labute approximate surface area is 131 Å². The van der Waals surface area contributed by atoms with Crippen LogP contribution < -0.4 is 0 Å². The number of rotatable bonds is 3. The molecule has 21 heavy (non-hydrogen) atoms. The summed E-state index contributed by atoms with van der Waals surface area (Å²) in [5.74, 6) is 1.07. The number of fused-ring (bicyclic) bond motifs is 1. The van der Waals surface area contributed by atoms with Crippen LogP contribution >= 0.6 is 12.4 Å². The summed E-state index contributed by atoms with van der Waals surface area (Å²) in [5, 5.41) is 14.9. The zero-order valence-corrected chi connectivity index (χ0v) is 13.1. The maximum absolute atomic E-state index is 10.7. The van der Waals surface area contributed by atoms with Crippen molar-refractivity contribution in [1.29, 1.82) is 0 Å². The van der Waals surface area contributed by atoms with Crippen LogP contribution in [-0.2, 0) is 6.42 Å². The Morgan fingerprint density at radius 3 is 2.67 bits per heavy atom. The molecule has 5 heteroatoms. The fourth-order valence-electron chi connectivity index (χ4n) is 2.99. The number of aliphatic hydroxyl groups is 1. The Hall–Kier alpha value is -1.36. The van der Waals surface area contributed by atoms with Gasteiger partial charge in [0, 0.05) is 24.4 Å². The van der Waals surface area contributed by atoms with Gasteiger partial charge in [-0.3, -0.25) is 0 Å². The Bertz CT molecular complexity index is 583. The summed E-state index contributed by atoms with van der Waals surface area (Å²) in [5.41, 5.74) is 2.67. The van der Waals surface area contributed by atoms with Gasteiger partial charge >= 0.3 is 0 Å². The molecule has 4 nitrogen and oxygen atoms in total. The smallest absolute Gasteiger partial charge is 0.143 e. The van der Waals surface area contributed by atoms with Crippen molar-refractivity contribution in [2.45, 2.75) is 18.9 Å². The summed E-state index contributed by atoms with van der Waals surface area (Å²) in [6.07, 6.45) is 1.29. The zero-order valence-electron chi connectivity index (χ0n) is 12.3. The van der Waals surface area contributed by atoms with Gasteiger partial charge in [0.25, 0.3) is 0 Å². The predicted octanol–water partition coefficient (Wildman–Crippen LogP) is 2.92. The van der Waals surface area contributed by atoms with Crippen LogP contribution in [0, 0.1) is 5.92 Å². The summed E-state index contributed by atoms with van der Waals surface area (Å²) in [6, 6.07) is 9.92. The first-order valence-corrected chi connectivity index (χ1v) is 7.03. The number of benzene rings is 1. The fourth-order valence-corrected chi connectivity index (χ4v) is 2.99. The van der Waals surface area contributed by atoms with Gasteiger partial charge in [-0.2, -0.15) is 0 Å². The van der Waals surface area contributed by atoms with E-state index in [1.165, 1.54) is 0 Å². The molecule has 1 heterocycles. The lowest BCUT2D eigenvalue weighted by Crippen LogP contribution is -2.30. The molecular formula is C16H21ClN2O2. The van der Waals surface area contributed by atoms with E-state index in [1.807, 2.05) is 44.4 Å². The van der Waals surface area contributed by atoms with Crippen LogP contribution in [0.5, 0.6) is 0 Å². The largest absolute Gasteiger partial charge is 0.388 e. The Balaban J connectivity index is 0.00000161. The van der Waals surface area contributed by atoms with E-state index in [-0.39, 0.29) is 18.3 Å². The van der Waals surface area contributed by atoms with Crippen molar-refractivity contribution in [2.75, 3.05) is 20.6 Å². The van der Waals surface area contributed by atoms with Crippen LogP contribution in [0.1, 0.15) is 23.8 Å². The molecular weight excluding hydrogens is 288 g/mol. The molecule has 0 unspecified atom stereocenters. The van der Waals surface area contributed by atoms with Crippen molar-refractivity contribution in [3.05, 3.63) is 41.7 Å². The maximum atomic E-state index is 10.7. The van der Waals surface area contributed by atoms with Crippen LogP contribution in [-0.4, -0.2) is 35.8 Å². The molecule has 0 spiro atoms. The van der Waals surface area contributed by atoms with Gasteiger partial charge in [-0.25, -0.2) is 0 Å². The quantitative estimate of drug-likeness (QED) is 0.947. The third-order valence-corrected chi connectivity index (χ3v) is 3.93. The van der Waals surface area contributed by atoms with Crippen LogP contribution in [0.2, 0.25) is 0 Å². The third-order valence-electron chi connectivity index (χ3n) is 3.93. The Morgan fingerprint density at radius 1 is 1.29 bits per heavy atom. The van der Waals surface area contributed by atoms with Gasteiger partial charge < -0.3 is 14.5 Å². The standard InChI is InChI=1S/C16H20N2O2.ClH/c1-18(2)10-12-8-9-13-14(16(12)19)15(17-20-13)11-6-4-3-5-7-11;/h3-7,12,16,19H,8-10H2,1-2H3;1H/t12-,16+;/m0./s1. The number of hydrogen-bond acceptors (Lipinski definition) is 4. The van der Waals surface area contributed by atoms with Crippen molar-refractivity contribution in [3.8, 4) is 11.3 Å². The summed E-state index contributed by atoms with van der Waals surface area (Å²) >= 11 is 0. The molecule has 1 N–H and O–H groups in total. The first-order chi connectivity index (χ1) is 9.66. The number of aliphatic hydroxyl groups excluding tert-OH is 1. The summed E-state index contributed by atoms with van der Waals surface area (Å²) < 4.78 is 5.44. The number of aryl methyl sites for hydroxylation is 1. The van der Waals surface area contributed by atoms with Crippen LogP contribution in [0.4, 0.5) is 0 Å². The van der Waals surface area contributed by atoms with E-state index in [2.05, 4.69) is 10.1 Å². The molecule has 0 saturated heterocycles. The molecule has 3 rings (SSSR count). The van der Waals surface area contributed by atoms with E-state index < -0.39 is 6.10 Å². The van der Waals surface area contributed by atoms with E-state index in [0.717, 1.165) is 42.0 Å². The average Bonchev–Trinajstić information content (AvgIpc) is 2.87. The van der Waals surface area contributed by atoms with E-state index in [0.29, 0.717) is 0 Å². The van der Waals surface area contributed by atoms with Crippen LogP contribution in [0.25, 0.3) is 11.3 Å². The average molecular weight is 309 g/mol. The highest BCUT2D eigenvalue weighted by atomic mass is 35.5. The summed E-state index contributed by atoms with van der Waals surface area (Å²) in [6.45, 7) is 0.875. The van der Waals surface area contributed by atoms with Crippen molar-refractivity contribution in [3.63, 3.8) is 0 Å². The lowest BCUT2D eigenvalue weighted by molar-refractivity contribution is 0.0734. The van der Waals surface area contributed by atoms with Crippen molar-refractivity contribution >= 4 is 12.4 Å². The Morgan fingerprint density at radius 2 is 2.00 bits per heavy atom. The SMILES string of the molecule is CN(C)C[C@@H]1CCc2onc(-c3ccccc3)c2[C@@H]1O.Cl. The highest BCUT2D eigenvalue weighted by molar-refractivity contribution is 5.85. The van der Waals surface area contributed by atoms with Crippen molar-refractivity contribution in [1.82, 2.24) is 10.1 Å². The predicted molar refractivity (Wildman–Crippen MR) is 84.5 cm³/mol. The number of halogens is 1. The van der Waals surface area contributed by atoms with E-state index in [1.54, 1.807) is 0 Å². The lowest BCUT2D eigenvalue weighted by Gasteiger charge is -2.29. The molecule has 2 atom stereocenters. The van der Waals surface area contributed by atoms with Crippen molar-refractivity contribution in [2.24, 2.45) is 5.92 Å². The van der Waals surface area contributed by atoms with E-state index in [9.17, 15) is 5.11 Å². The van der Waals surface area contributed by atoms with Gasteiger partial charge in [-0.1, -0.05) is 35.5 Å². The molecule has 1 aromatic heterocycles. The minimum absolute atomic E-state index is 0. The molecule has 0 bridgehead atoms. The molecule has 0 saturated carbocycles. The molecule has 0 fully saturated rings. The highest BCUT2D eigenvalue weighted by Gasteiger charge is 2.34. The second-order valence-electron chi connectivity index (χ2n) is 5.74. The van der Waals surface area contributed by atoms with Gasteiger partial charge in [0.1, 0.15) is 11.5 Å². The van der Waals surface area contributed by atoms with Crippen LogP contribution in [0.3, 0.4) is 0 Å². The van der Waals surface area contributed by atoms with E-state index >= 15 is 0 Å². The minimum Gasteiger partial charge on any atom is -0.388 e. The molecule has 1 aliphatic carbocycles. The maximum Gasteiger partial charge on any atom is 0.143 e. The number of hydrogen-bond donors (Lipinski definition) is 1. The summed E-state index contributed by atoms with van der Waals surface area (Å²) in [4.78, 5) is 2.12. The van der Waals surface area contributed by atoms with Gasteiger partial charge in [0.15, 0.2) is 0 Å². The minimum atomic E-state index is -0.498. The first kappa shape index (κ1) is 16.0. The lowest BCUT2D eigenvalue weighted by atomic mass is 9.83. The molecule has 0 radical (unpaired) electrons. The normalized spacial score (nSPS) is 21.0. The highest BCUT2D eigenvalue weighted by Crippen LogP contribution is 2.40. The third kappa shape index (κ3) is 3.12. The summed E-state index contributed by atoms with van der Waals surface area (Å²) in [7, 11) is 4.07. The fraction of sp³-hybridized carbons (Fsp3) is 0.438. The van der Waals surface area contributed by atoms with Gasteiger partial charge in [-0.15, -0.1) is 12.4 Å². The molecule has 0 amide bonds. The second-order valence-corrected chi connectivity index (χ2v) is 5.74. The molecule has 114 valence electrons. The number of nitrogens with zero attached hydrogens (tertiary/aromatic N) is 2. The van der Waals surface area contributed by atoms with Crippen molar-refractivity contribution < 1.29 is 9.63 Å². The molecule has 0 aliphatic heterocycles. The number of aromatic nitrogens is 1.